The minimum absolute atomic E-state index is 0.0916. The van der Waals surface area contributed by atoms with Crippen molar-refractivity contribution in [2.45, 2.75) is 19.8 Å². The summed E-state index contributed by atoms with van der Waals surface area (Å²) in [4.78, 5) is 14.0. The highest BCUT2D eigenvalue weighted by Crippen LogP contribution is 2.07. The van der Waals surface area contributed by atoms with E-state index < -0.39 is 10.0 Å². The number of benzene rings is 1. The molecule has 1 aromatic carbocycles. The highest BCUT2D eigenvalue weighted by molar-refractivity contribution is 7.88. The molecule has 1 amide bonds. The molecule has 0 radical (unpaired) electrons. The van der Waals surface area contributed by atoms with Crippen LogP contribution in [0, 0.1) is 6.92 Å². The van der Waals surface area contributed by atoms with Crippen molar-refractivity contribution in [2.75, 3.05) is 46.5 Å². The lowest BCUT2D eigenvalue weighted by molar-refractivity contribution is -0.120. The molecule has 1 aromatic rings. The van der Waals surface area contributed by atoms with E-state index in [-0.39, 0.29) is 5.91 Å². The third kappa shape index (κ3) is 7.90. The van der Waals surface area contributed by atoms with Crippen LogP contribution in [-0.2, 0) is 21.2 Å². The van der Waals surface area contributed by atoms with Gasteiger partial charge >= 0.3 is 0 Å². The molecular weight excluding hydrogens is 326 g/mol. The lowest BCUT2D eigenvalue weighted by Crippen LogP contribution is -2.39. The van der Waals surface area contributed by atoms with Gasteiger partial charge in [-0.15, -0.1) is 0 Å². The fraction of sp³-hybridized carbons (Fsp3) is 0.588. The summed E-state index contributed by atoms with van der Waals surface area (Å²) < 4.78 is 25.1. The summed E-state index contributed by atoms with van der Waals surface area (Å²) in [6, 6.07) is 7.75. The molecule has 0 heterocycles. The molecule has 0 aromatic heterocycles. The first-order valence-electron chi connectivity index (χ1n) is 8.11. The molecule has 0 unspecified atom stereocenters. The number of hydrogen-bond acceptors (Lipinski definition) is 4. The standard InChI is InChI=1S/C17H29N3O3S/c1-15-8-5-6-9-16(15)14-17(21)18-10-13-20(24(4,22)23)12-7-11-19(2)3/h5-6,8-9H,7,10-14H2,1-4H3,(H,18,21). The van der Waals surface area contributed by atoms with Gasteiger partial charge in [0.15, 0.2) is 0 Å². The second-order valence-electron chi connectivity index (χ2n) is 6.27. The van der Waals surface area contributed by atoms with E-state index in [4.69, 9.17) is 0 Å². The van der Waals surface area contributed by atoms with E-state index in [2.05, 4.69) is 5.32 Å². The molecule has 0 saturated heterocycles. The van der Waals surface area contributed by atoms with Crippen molar-refractivity contribution >= 4 is 15.9 Å². The zero-order valence-electron chi connectivity index (χ0n) is 15.1. The Morgan fingerprint density at radius 1 is 1.12 bits per heavy atom. The second kappa shape index (κ2) is 9.76. The summed E-state index contributed by atoms with van der Waals surface area (Å²) in [5.41, 5.74) is 2.06. The highest BCUT2D eigenvalue weighted by Gasteiger charge is 2.16. The Balaban J connectivity index is 2.44. The topological polar surface area (TPSA) is 69.7 Å². The quantitative estimate of drug-likeness (QED) is 0.676. The molecule has 0 atom stereocenters. The first kappa shape index (κ1) is 20.6. The predicted octanol–water partition coefficient (Wildman–Crippen LogP) is 0.867. The van der Waals surface area contributed by atoms with Gasteiger partial charge in [0.25, 0.3) is 0 Å². The second-order valence-corrected chi connectivity index (χ2v) is 8.25. The number of carbonyl (C=O) groups is 1. The van der Waals surface area contributed by atoms with Crippen LogP contribution in [0.25, 0.3) is 0 Å². The Kier molecular flexibility index (Phi) is 8.38. The summed E-state index contributed by atoms with van der Waals surface area (Å²) in [7, 11) is 0.647. The van der Waals surface area contributed by atoms with E-state index in [0.29, 0.717) is 26.1 Å². The van der Waals surface area contributed by atoms with Crippen LogP contribution in [0.1, 0.15) is 17.5 Å². The van der Waals surface area contributed by atoms with Crippen LogP contribution in [0.5, 0.6) is 0 Å². The number of nitrogens with one attached hydrogen (secondary N) is 1. The number of aryl methyl sites for hydroxylation is 1. The number of sulfonamides is 1. The van der Waals surface area contributed by atoms with Gasteiger partial charge in [-0.1, -0.05) is 24.3 Å². The van der Waals surface area contributed by atoms with E-state index in [1.807, 2.05) is 50.2 Å². The maximum absolute atomic E-state index is 12.0. The van der Waals surface area contributed by atoms with Gasteiger partial charge < -0.3 is 10.2 Å². The first-order chi connectivity index (χ1) is 11.2. The molecule has 0 spiro atoms. The maximum Gasteiger partial charge on any atom is 0.224 e. The van der Waals surface area contributed by atoms with Crippen molar-refractivity contribution in [2.24, 2.45) is 0 Å². The van der Waals surface area contributed by atoms with E-state index >= 15 is 0 Å². The number of rotatable bonds is 10. The Morgan fingerprint density at radius 2 is 1.79 bits per heavy atom. The van der Waals surface area contributed by atoms with Gasteiger partial charge in [-0.05, 0) is 45.1 Å². The molecule has 0 aliphatic carbocycles. The Bertz CT molecular complexity index is 630. The number of nitrogens with zero attached hydrogens (tertiary/aromatic N) is 2. The van der Waals surface area contributed by atoms with Crippen LogP contribution in [0.15, 0.2) is 24.3 Å². The van der Waals surface area contributed by atoms with Gasteiger partial charge in [0.1, 0.15) is 0 Å². The minimum Gasteiger partial charge on any atom is -0.354 e. The molecule has 0 bridgehead atoms. The van der Waals surface area contributed by atoms with Crippen LogP contribution in [0.4, 0.5) is 0 Å². The first-order valence-corrected chi connectivity index (χ1v) is 9.96. The number of hydrogen-bond donors (Lipinski definition) is 1. The molecule has 6 nitrogen and oxygen atoms in total. The number of carbonyl (C=O) groups excluding carboxylic acids is 1. The normalized spacial score (nSPS) is 11.9. The zero-order chi connectivity index (χ0) is 18.2. The summed E-state index contributed by atoms with van der Waals surface area (Å²) in [5, 5.41) is 2.80. The summed E-state index contributed by atoms with van der Waals surface area (Å²) in [6.07, 6.45) is 2.28. The van der Waals surface area contributed by atoms with Gasteiger partial charge in [-0.25, -0.2) is 12.7 Å². The van der Waals surface area contributed by atoms with Crippen molar-refractivity contribution in [1.29, 1.82) is 0 Å². The molecule has 136 valence electrons. The largest absolute Gasteiger partial charge is 0.354 e. The smallest absolute Gasteiger partial charge is 0.224 e. The molecule has 0 aliphatic heterocycles. The summed E-state index contributed by atoms with van der Waals surface area (Å²) in [5.74, 6) is -0.0916. The average molecular weight is 356 g/mol. The van der Waals surface area contributed by atoms with E-state index in [1.54, 1.807) is 0 Å². The molecule has 0 aliphatic rings. The van der Waals surface area contributed by atoms with Crippen molar-refractivity contribution in [1.82, 2.24) is 14.5 Å². The SMILES string of the molecule is Cc1ccccc1CC(=O)NCCN(CCCN(C)C)S(C)(=O)=O. The summed E-state index contributed by atoms with van der Waals surface area (Å²) in [6.45, 7) is 3.88. The summed E-state index contributed by atoms with van der Waals surface area (Å²) >= 11 is 0. The Morgan fingerprint density at radius 3 is 2.38 bits per heavy atom. The predicted molar refractivity (Wildman–Crippen MR) is 97.5 cm³/mol. The zero-order valence-corrected chi connectivity index (χ0v) is 15.9. The fourth-order valence-corrected chi connectivity index (χ4v) is 3.25. The molecule has 24 heavy (non-hydrogen) atoms. The molecule has 1 rings (SSSR count). The molecule has 0 saturated carbocycles. The minimum atomic E-state index is -3.26. The van der Waals surface area contributed by atoms with Crippen molar-refractivity contribution in [3.8, 4) is 0 Å². The van der Waals surface area contributed by atoms with Crippen molar-refractivity contribution in [3.63, 3.8) is 0 Å². The average Bonchev–Trinajstić information content (AvgIpc) is 2.46. The van der Waals surface area contributed by atoms with Gasteiger partial charge in [0.2, 0.25) is 15.9 Å². The monoisotopic (exact) mass is 355 g/mol. The van der Waals surface area contributed by atoms with Gasteiger partial charge in [0.05, 0.1) is 12.7 Å². The van der Waals surface area contributed by atoms with Gasteiger partial charge in [-0.2, -0.15) is 0 Å². The van der Waals surface area contributed by atoms with Crippen LogP contribution in [0.3, 0.4) is 0 Å². The van der Waals surface area contributed by atoms with Crippen LogP contribution in [0.2, 0.25) is 0 Å². The Hall–Kier alpha value is -1.44. The Labute approximate surface area is 145 Å². The molecule has 0 fully saturated rings. The van der Waals surface area contributed by atoms with Gasteiger partial charge in [-0.3, -0.25) is 4.79 Å². The van der Waals surface area contributed by atoms with E-state index in [1.165, 1.54) is 10.6 Å². The molecule has 1 N–H and O–H groups in total. The third-order valence-electron chi connectivity index (χ3n) is 3.78. The molecule has 7 heteroatoms. The lowest BCUT2D eigenvalue weighted by atomic mass is 10.1. The maximum atomic E-state index is 12.0. The van der Waals surface area contributed by atoms with Crippen LogP contribution in [-0.4, -0.2) is 70.1 Å². The van der Waals surface area contributed by atoms with Crippen molar-refractivity contribution in [3.05, 3.63) is 35.4 Å². The van der Waals surface area contributed by atoms with E-state index in [0.717, 1.165) is 24.1 Å². The third-order valence-corrected chi connectivity index (χ3v) is 5.08. The van der Waals surface area contributed by atoms with E-state index in [9.17, 15) is 13.2 Å². The fourth-order valence-electron chi connectivity index (χ4n) is 2.37. The molecular formula is C17H29N3O3S. The number of amides is 1. The lowest BCUT2D eigenvalue weighted by Gasteiger charge is -2.21. The highest BCUT2D eigenvalue weighted by atomic mass is 32.2. The van der Waals surface area contributed by atoms with Crippen LogP contribution < -0.4 is 5.32 Å². The van der Waals surface area contributed by atoms with Crippen LogP contribution >= 0.6 is 0 Å². The van der Waals surface area contributed by atoms with Gasteiger partial charge in [0, 0.05) is 19.6 Å². The van der Waals surface area contributed by atoms with Crippen molar-refractivity contribution < 1.29 is 13.2 Å².